The van der Waals surface area contributed by atoms with Gasteiger partial charge in [-0.3, -0.25) is 4.99 Å². The lowest BCUT2D eigenvalue weighted by Crippen LogP contribution is -2.39. The summed E-state index contributed by atoms with van der Waals surface area (Å²) in [5, 5.41) is 2.80. The Kier molecular flexibility index (Phi) is 2.25. The molecule has 1 aliphatic heterocycles. The van der Waals surface area contributed by atoms with Crippen LogP contribution in [-0.4, -0.2) is 32.0 Å². The van der Waals surface area contributed by atoms with E-state index in [2.05, 4.69) is 15.0 Å². The number of aliphatic imine (C=N–C) groups is 1. The van der Waals surface area contributed by atoms with E-state index in [9.17, 15) is 4.79 Å². The normalized spacial score (nSPS) is 23.5. The highest BCUT2D eigenvalue weighted by atomic mass is 16.5. The maximum Gasteiger partial charge on any atom is 0.328 e. The molecule has 0 radical (unpaired) electrons. The van der Waals surface area contributed by atoms with Crippen molar-refractivity contribution in [3.63, 3.8) is 0 Å². The average Bonchev–Trinajstić information content (AvgIpc) is 2.05. The molecule has 0 fully saturated rings. The van der Waals surface area contributed by atoms with Gasteiger partial charge in [-0.2, -0.15) is 0 Å². The number of carbonyl (C=O) groups excluding carboxylic acids is 1. The minimum absolute atomic E-state index is 0.192. The molecule has 1 rings (SSSR count). The van der Waals surface area contributed by atoms with Gasteiger partial charge in [0.1, 0.15) is 6.04 Å². The summed E-state index contributed by atoms with van der Waals surface area (Å²) >= 11 is 0. The Balaban J connectivity index is 2.41. The van der Waals surface area contributed by atoms with Gasteiger partial charge < -0.3 is 10.1 Å². The van der Waals surface area contributed by atoms with Crippen LogP contribution in [0, 0.1) is 0 Å². The quantitative estimate of drug-likeness (QED) is 0.504. The largest absolute Gasteiger partial charge is 0.467 e. The number of nitrogens with zero attached hydrogens (tertiary/aromatic N) is 1. The first-order valence-electron chi connectivity index (χ1n) is 3.17. The zero-order chi connectivity index (χ0) is 7.40. The molecule has 4 heteroatoms. The predicted molar refractivity (Wildman–Crippen MR) is 36.9 cm³/mol. The number of ether oxygens (including phenoxy) is 1. The molecular weight excluding hydrogens is 132 g/mol. The molecule has 0 aromatic carbocycles. The first-order chi connectivity index (χ1) is 4.84. The number of carbonyl (C=O) groups is 1. The highest BCUT2D eigenvalue weighted by Crippen LogP contribution is 1.97. The third-order valence-electron chi connectivity index (χ3n) is 1.40. The fourth-order valence-electron chi connectivity index (χ4n) is 0.822. The Morgan fingerprint density at radius 3 is 3.20 bits per heavy atom. The zero-order valence-electron chi connectivity index (χ0n) is 5.83. The first-order valence-corrected chi connectivity index (χ1v) is 3.17. The van der Waals surface area contributed by atoms with Crippen LogP contribution in [0.2, 0.25) is 0 Å². The van der Waals surface area contributed by atoms with Gasteiger partial charge in [-0.05, 0) is 6.42 Å². The lowest BCUT2D eigenvalue weighted by molar-refractivity contribution is -0.142. The van der Waals surface area contributed by atoms with Crippen molar-refractivity contribution in [1.82, 2.24) is 5.32 Å². The van der Waals surface area contributed by atoms with Gasteiger partial charge in [0.2, 0.25) is 0 Å². The van der Waals surface area contributed by atoms with Gasteiger partial charge in [0.25, 0.3) is 0 Å². The van der Waals surface area contributed by atoms with Crippen molar-refractivity contribution in [2.24, 2.45) is 4.99 Å². The smallest absolute Gasteiger partial charge is 0.328 e. The van der Waals surface area contributed by atoms with Crippen LogP contribution in [0.4, 0.5) is 0 Å². The minimum atomic E-state index is -0.217. The van der Waals surface area contributed by atoms with Gasteiger partial charge in [-0.1, -0.05) is 0 Å². The van der Waals surface area contributed by atoms with E-state index < -0.39 is 0 Å². The summed E-state index contributed by atoms with van der Waals surface area (Å²) < 4.78 is 4.53. The molecule has 0 saturated heterocycles. The number of hydrogen-bond acceptors (Lipinski definition) is 4. The van der Waals surface area contributed by atoms with Gasteiger partial charge in [0.05, 0.1) is 13.4 Å². The molecule has 1 aliphatic rings. The van der Waals surface area contributed by atoms with Crippen molar-refractivity contribution in [3.8, 4) is 0 Å². The second-order valence-electron chi connectivity index (χ2n) is 2.07. The van der Waals surface area contributed by atoms with Gasteiger partial charge in [0, 0.05) is 6.54 Å². The van der Waals surface area contributed by atoms with Crippen molar-refractivity contribution in [1.29, 1.82) is 0 Å². The number of nitrogens with one attached hydrogen (secondary N) is 1. The van der Waals surface area contributed by atoms with Crippen molar-refractivity contribution in [2.75, 3.05) is 13.7 Å². The molecule has 0 aromatic heterocycles. The molecule has 1 heterocycles. The fraction of sp³-hybridized carbons (Fsp3) is 0.667. The summed E-state index contributed by atoms with van der Waals surface area (Å²) in [5.74, 6) is -0.217. The molecule has 0 aliphatic carbocycles. The Morgan fingerprint density at radius 1 is 1.90 bits per heavy atom. The molecule has 0 aromatic rings. The number of hydrogen-bond donors (Lipinski definition) is 1. The summed E-state index contributed by atoms with van der Waals surface area (Å²) in [6, 6.07) is -0.192. The van der Waals surface area contributed by atoms with E-state index in [1.807, 2.05) is 0 Å². The molecule has 0 spiro atoms. The summed E-state index contributed by atoms with van der Waals surface area (Å²) in [7, 11) is 1.38. The topological polar surface area (TPSA) is 50.7 Å². The molecule has 0 amide bonds. The van der Waals surface area contributed by atoms with Gasteiger partial charge in [-0.15, -0.1) is 0 Å². The van der Waals surface area contributed by atoms with Crippen molar-refractivity contribution in [3.05, 3.63) is 0 Å². The first kappa shape index (κ1) is 7.05. The highest BCUT2D eigenvalue weighted by Gasteiger charge is 2.18. The minimum Gasteiger partial charge on any atom is -0.467 e. The van der Waals surface area contributed by atoms with Crippen LogP contribution in [0.5, 0.6) is 0 Å². The van der Waals surface area contributed by atoms with Crippen LogP contribution < -0.4 is 5.32 Å². The number of methoxy groups -OCH3 is 1. The molecule has 0 saturated carbocycles. The van der Waals surface area contributed by atoms with Crippen molar-refractivity contribution >= 4 is 12.3 Å². The molecule has 0 unspecified atom stereocenters. The fourth-order valence-corrected chi connectivity index (χ4v) is 0.822. The standard InChI is InChI=1S/C6H10N2O2/c1-10-6(9)5-2-3-7-4-8-5/h4-5H,2-3H2,1H3,(H,7,8)/t5-/m1/s1. The summed E-state index contributed by atoms with van der Waals surface area (Å²) in [6.07, 6.45) is 2.27. The van der Waals surface area contributed by atoms with E-state index in [1.54, 1.807) is 6.34 Å². The third-order valence-corrected chi connectivity index (χ3v) is 1.40. The van der Waals surface area contributed by atoms with Crippen molar-refractivity contribution < 1.29 is 9.53 Å². The average molecular weight is 142 g/mol. The Hall–Kier alpha value is -1.06. The molecule has 4 nitrogen and oxygen atoms in total. The number of esters is 1. The molecule has 0 bridgehead atoms. The molecule has 10 heavy (non-hydrogen) atoms. The maximum atomic E-state index is 10.8. The molecule has 1 atom stereocenters. The lowest BCUT2D eigenvalue weighted by atomic mass is 10.2. The van der Waals surface area contributed by atoms with Crippen LogP contribution >= 0.6 is 0 Å². The van der Waals surface area contributed by atoms with E-state index in [-0.39, 0.29) is 12.0 Å². The van der Waals surface area contributed by atoms with E-state index in [0.29, 0.717) is 6.54 Å². The highest BCUT2D eigenvalue weighted by molar-refractivity contribution is 5.79. The summed E-state index contributed by atoms with van der Waals surface area (Å²) in [6.45, 7) is 0.701. The van der Waals surface area contributed by atoms with Crippen LogP contribution in [0.1, 0.15) is 6.42 Å². The van der Waals surface area contributed by atoms with Crippen LogP contribution in [0.15, 0.2) is 4.99 Å². The molecule has 1 N–H and O–H groups in total. The van der Waals surface area contributed by atoms with E-state index in [1.165, 1.54) is 7.11 Å². The second-order valence-corrected chi connectivity index (χ2v) is 2.07. The van der Waals surface area contributed by atoms with E-state index in [0.717, 1.165) is 6.42 Å². The van der Waals surface area contributed by atoms with Crippen LogP contribution in [0.25, 0.3) is 0 Å². The van der Waals surface area contributed by atoms with Crippen LogP contribution in [-0.2, 0) is 9.53 Å². The van der Waals surface area contributed by atoms with Crippen LogP contribution in [0.3, 0.4) is 0 Å². The zero-order valence-corrected chi connectivity index (χ0v) is 5.83. The lowest BCUT2D eigenvalue weighted by Gasteiger charge is -2.16. The Labute approximate surface area is 59.3 Å². The summed E-state index contributed by atoms with van der Waals surface area (Å²) in [5.41, 5.74) is 0. The Morgan fingerprint density at radius 2 is 2.70 bits per heavy atom. The summed E-state index contributed by atoms with van der Waals surface area (Å²) in [4.78, 5) is 14.7. The van der Waals surface area contributed by atoms with E-state index >= 15 is 0 Å². The van der Waals surface area contributed by atoms with Crippen molar-refractivity contribution in [2.45, 2.75) is 12.5 Å². The van der Waals surface area contributed by atoms with E-state index in [4.69, 9.17) is 0 Å². The van der Waals surface area contributed by atoms with Gasteiger partial charge in [-0.25, -0.2) is 4.79 Å². The van der Waals surface area contributed by atoms with Gasteiger partial charge >= 0.3 is 5.97 Å². The monoisotopic (exact) mass is 142 g/mol. The second kappa shape index (κ2) is 3.20. The van der Waals surface area contributed by atoms with Gasteiger partial charge in [0.15, 0.2) is 0 Å². The predicted octanol–water partition coefficient (Wildman–Crippen LogP) is -0.450. The SMILES string of the molecule is COC(=O)[C@H]1CCN=CN1. The number of rotatable bonds is 1. The Bertz CT molecular complexity index is 156. The molecular formula is C6H10N2O2. The maximum absolute atomic E-state index is 10.8. The third kappa shape index (κ3) is 1.46. The molecule has 56 valence electrons.